The van der Waals surface area contributed by atoms with Crippen molar-refractivity contribution in [3.63, 3.8) is 0 Å². The van der Waals surface area contributed by atoms with E-state index in [0.717, 1.165) is 62.5 Å². The van der Waals surface area contributed by atoms with Gasteiger partial charge in [-0.25, -0.2) is 4.79 Å². The van der Waals surface area contributed by atoms with E-state index in [1.54, 1.807) is 0 Å². The third-order valence-corrected chi connectivity index (χ3v) is 9.31. The quantitative estimate of drug-likeness (QED) is 0.0598. The number of rotatable bonds is 32. The Hall–Kier alpha value is -2.89. The third-order valence-electron chi connectivity index (χ3n) is 9.31. The van der Waals surface area contributed by atoms with E-state index in [9.17, 15) is 4.79 Å². The number of carbonyl (C=O) groups excluding carboxylic acids is 1. The van der Waals surface area contributed by atoms with Crippen LogP contribution in [0, 0.1) is 0 Å². The van der Waals surface area contributed by atoms with Crippen LogP contribution in [-0.4, -0.2) is 25.7 Å². The van der Waals surface area contributed by atoms with Gasteiger partial charge in [0.1, 0.15) is 5.75 Å². The molecule has 0 fully saturated rings. The molecule has 2 aromatic rings. The molecule has 0 radical (unpaired) electrons. The lowest BCUT2D eigenvalue weighted by Crippen LogP contribution is -2.36. The molecule has 0 saturated carbocycles. The minimum Gasteiger partial charge on any atom is -0.494 e. The highest BCUT2D eigenvalue weighted by atomic mass is 16.5. The summed E-state index contributed by atoms with van der Waals surface area (Å²) in [5, 5.41) is 14.8. The first-order valence-corrected chi connectivity index (χ1v) is 20.5. The summed E-state index contributed by atoms with van der Waals surface area (Å²) in [5.74, 6) is 0.887. The van der Waals surface area contributed by atoms with Gasteiger partial charge in [0, 0.05) is 13.1 Å². The molecular formula is C43H72N4O2. The molecular weight excluding hydrogens is 604 g/mol. The van der Waals surface area contributed by atoms with Crippen molar-refractivity contribution in [3.05, 3.63) is 54.1 Å². The first-order valence-electron chi connectivity index (χ1n) is 20.5. The average Bonchev–Trinajstić information content (AvgIpc) is 3.12. The summed E-state index contributed by atoms with van der Waals surface area (Å²) in [6.07, 6.45) is 32.0. The molecule has 276 valence electrons. The minimum absolute atomic E-state index is 0.00333. The Morgan fingerprint density at radius 1 is 0.490 bits per heavy atom. The number of nitrogens with zero attached hydrogens (tertiary/aromatic N) is 2. The van der Waals surface area contributed by atoms with Crippen LogP contribution in [0.5, 0.6) is 5.75 Å². The van der Waals surface area contributed by atoms with Gasteiger partial charge < -0.3 is 15.4 Å². The fourth-order valence-corrected chi connectivity index (χ4v) is 6.12. The maximum Gasteiger partial charge on any atom is 0.314 e. The highest BCUT2D eigenvalue weighted by molar-refractivity contribution is 5.73. The minimum atomic E-state index is -0.00333. The molecule has 49 heavy (non-hydrogen) atoms. The van der Waals surface area contributed by atoms with Gasteiger partial charge in [-0.2, -0.15) is 10.2 Å². The first kappa shape index (κ1) is 42.3. The molecule has 0 heterocycles. The SMILES string of the molecule is CCCCCCCCCCCCCCNC(=O)NCCCCCCCCCCOc1ccc(N=Nc2ccc(CCCCCC)cc2)cc1. The average molecular weight is 677 g/mol. The van der Waals surface area contributed by atoms with E-state index in [2.05, 4.69) is 59.0 Å². The number of benzene rings is 2. The Morgan fingerprint density at radius 2 is 0.878 bits per heavy atom. The second kappa shape index (κ2) is 31.1. The number of carbonyl (C=O) groups is 1. The lowest BCUT2D eigenvalue weighted by Gasteiger charge is -2.08. The number of azo groups is 1. The fraction of sp³-hybridized carbons (Fsp3) is 0.698. The second-order valence-electron chi connectivity index (χ2n) is 13.9. The first-order chi connectivity index (χ1) is 24.2. The number of aryl methyl sites for hydroxylation is 1. The molecule has 0 aliphatic heterocycles. The molecule has 0 spiro atoms. The lowest BCUT2D eigenvalue weighted by atomic mass is 10.1. The van der Waals surface area contributed by atoms with Gasteiger partial charge in [0.05, 0.1) is 18.0 Å². The van der Waals surface area contributed by atoms with Crippen LogP contribution < -0.4 is 15.4 Å². The van der Waals surface area contributed by atoms with Crippen molar-refractivity contribution in [1.29, 1.82) is 0 Å². The summed E-state index contributed by atoms with van der Waals surface area (Å²) in [5.41, 5.74) is 3.09. The van der Waals surface area contributed by atoms with E-state index in [4.69, 9.17) is 4.74 Å². The monoisotopic (exact) mass is 677 g/mol. The number of ether oxygens (including phenoxy) is 1. The van der Waals surface area contributed by atoms with Crippen molar-refractivity contribution in [3.8, 4) is 5.75 Å². The molecule has 2 amide bonds. The van der Waals surface area contributed by atoms with Crippen LogP contribution in [0.25, 0.3) is 0 Å². The Labute approximate surface area is 301 Å². The van der Waals surface area contributed by atoms with Crippen molar-refractivity contribution in [2.24, 2.45) is 10.2 Å². The highest BCUT2D eigenvalue weighted by Gasteiger charge is 2.01. The molecule has 0 aliphatic rings. The molecule has 2 aromatic carbocycles. The molecule has 0 aliphatic carbocycles. The zero-order chi connectivity index (χ0) is 34.9. The van der Waals surface area contributed by atoms with E-state index in [-0.39, 0.29) is 6.03 Å². The van der Waals surface area contributed by atoms with E-state index in [1.165, 1.54) is 140 Å². The topological polar surface area (TPSA) is 75.1 Å². The highest BCUT2D eigenvalue weighted by Crippen LogP contribution is 2.22. The third kappa shape index (κ3) is 24.8. The van der Waals surface area contributed by atoms with Gasteiger partial charge in [0.25, 0.3) is 0 Å². The van der Waals surface area contributed by atoms with Crippen LogP contribution in [0.4, 0.5) is 16.2 Å². The number of amides is 2. The molecule has 0 saturated heterocycles. The van der Waals surface area contributed by atoms with Crippen molar-refractivity contribution < 1.29 is 9.53 Å². The zero-order valence-corrected chi connectivity index (χ0v) is 31.6. The van der Waals surface area contributed by atoms with E-state index < -0.39 is 0 Å². The van der Waals surface area contributed by atoms with Crippen LogP contribution in [0.2, 0.25) is 0 Å². The van der Waals surface area contributed by atoms with Gasteiger partial charge in [-0.05, 0) is 74.1 Å². The van der Waals surface area contributed by atoms with Crippen LogP contribution in [0.1, 0.15) is 174 Å². The number of hydrogen-bond acceptors (Lipinski definition) is 4. The molecule has 2 N–H and O–H groups in total. The Bertz CT molecular complexity index is 1050. The van der Waals surface area contributed by atoms with Crippen LogP contribution in [0.15, 0.2) is 58.8 Å². The zero-order valence-electron chi connectivity index (χ0n) is 31.6. The fourth-order valence-electron chi connectivity index (χ4n) is 6.12. The molecule has 0 bridgehead atoms. The Morgan fingerprint density at radius 3 is 1.35 bits per heavy atom. The molecule has 6 heteroatoms. The summed E-state index contributed by atoms with van der Waals surface area (Å²) < 4.78 is 5.93. The van der Waals surface area contributed by atoms with E-state index in [1.807, 2.05) is 24.3 Å². The second-order valence-corrected chi connectivity index (χ2v) is 13.9. The van der Waals surface area contributed by atoms with Gasteiger partial charge in [-0.15, -0.1) is 0 Å². The van der Waals surface area contributed by atoms with Gasteiger partial charge in [0.15, 0.2) is 0 Å². The van der Waals surface area contributed by atoms with Gasteiger partial charge >= 0.3 is 6.03 Å². The Kier molecular flexibility index (Phi) is 26.8. The summed E-state index contributed by atoms with van der Waals surface area (Å²) in [4.78, 5) is 12.0. The number of urea groups is 1. The molecule has 0 unspecified atom stereocenters. The lowest BCUT2D eigenvalue weighted by molar-refractivity contribution is 0.240. The van der Waals surface area contributed by atoms with Gasteiger partial charge in [-0.1, -0.05) is 154 Å². The van der Waals surface area contributed by atoms with Crippen molar-refractivity contribution >= 4 is 17.4 Å². The summed E-state index contributed by atoms with van der Waals surface area (Å²) in [6, 6.07) is 16.3. The maximum absolute atomic E-state index is 12.0. The van der Waals surface area contributed by atoms with E-state index in [0.29, 0.717) is 0 Å². The largest absolute Gasteiger partial charge is 0.494 e. The summed E-state index contributed by atoms with van der Waals surface area (Å²) >= 11 is 0. The smallest absolute Gasteiger partial charge is 0.314 e. The normalized spacial score (nSPS) is 11.3. The van der Waals surface area contributed by atoms with Gasteiger partial charge in [-0.3, -0.25) is 0 Å². The van der Waals surface area contributed by atoms with Crippen molar-refractivity contribution in [1.82, 2.24) is 10.6 Å². The summed E-state index contributed by atoms with van der Waals surface area (Å²) in [6.45, 7) is 6.84. The van der Waals surface area contributed by atoms with E-state index >= 15 is 0 Å². The van der Waals surface area contributed by atoms with Crippen LogP contribution in [-0.2, 0) is 6.42 Å². The van der Waals surface area contributed by atoms with Crippen LogP contribution >= 0.6 is 0 Å². The van der Waals surface area contributed by atoms with Crippen LogP contribution in [0.3, 0.4) is 0 Å². The number of unbranched alkanes of at least 4 members (excludes halogenated alkanes) is 21. The molecule has 0 aromatic heterocycles. The van der Waals surface area contributed by atoms with Crippen molar-refractivity contribution in [2.45, 2.75) is 174 Å². The number of nitrogens with one attached hydrogen (secondary N) is 2. The predicted octanol–water partition coefficient (Wildman–Crippen LogP) is 13.7. The predicted molar refractivity (Wildman–Crippen MR) is 210 cm³/mol. The molecule has 6 nitrogen and oxygen atoms in total. The summed E-state index contributed by atoms with van der Waals surface area (Å²) in [7, 11) is 0. The molecule has 2 rings (SSSR count). The number of hydrogen-bond donors (Lipinski definition) is 2. The van der Waals surface area contributed by atoms with Gasteiger partial charge in [0.2, 0.25) is 0 Å². The Balaban J connectivity index is 1.34. The maximum atomic E-state index is 12.0. The standard InChI is InChI=1S/C43H72N4O2/c1-3-5-7-9-10-11-12-13-14-17-20-24-36-44-43(48)45-37-25-21-18-15-16-19-22-26-38-49-42-34-32-41(33-35-42)47-46-40-30-28-39(29-31-40)27-23-8-6-4-2/h28-35H,3-27,36-38H2,1-2H3,(H2,44,45,48). The van der Waals surface area contributed by atoms with Crippen molar-refractivity contribution in [2.75, 3.05) is 19.7 Å². The molecule has 0 atom stereocenters.